The summed E-state index contributed by atoms with van der Waals surface area (Å²) in [6.45, 7) is 2.99. The number of nitrogens with two attached hydrogens (primary N) is 1. The molecule has 4 nitrogen and oxygen atoms in total. The fraction of sp³-hybridized carbons (Fsp3) is 0.500. The number of carbonyl (C=O) groups excluding carboxylic acids is 1. The van der Waals surface area contributed by atoms with E-state index in [-0.39, 0.29) is 17.7 Å². The third kappa shape index (κ3) is 1.56. The van der Waals surface area contributed by atoms with Crippen molar-refractivity contribution in [3.63, 3.8) is 0 Å². The van der Waals surface area contributed by atoms with Crippen LogP contribution < -0.4 is 5.73 Å². The highest BCUT2D eigenvalue weighted by Crippen LogP contribution is 2.57. The summed E-state index contributed by atoms with van der Waals surface area (Å²) in [5.41, 5.74) is 7.68. The Hall–Kier alpha value is -1.39. The van der Waals surface area contributed by atoms with Crippen LogP contribution in [0.2, 0.25) is 0 Å². The molecule has 1 spiro atoms. The lowest BCUT2D eigenvalue weighted by Gasteiger charge is -2.16. The maximum absolute atomic E-state index is 11.5. The molecule has 2 aliphatic rings. The van der Waals surface area contributed by atoms with Crippen molar-refractivity contribution >= 4 is 5.91 Å². The van der Waals surface area contributed by atoms with Crippen LogP contribution in [0, 0.1) is 11.8 Å². The van der Waals surface area contributed by atoms with Gasteiger partial charge >= 0.3 is 0 Å². The first-order valence-corrected chi connectivity index (χ1v) is 6.33. The van der Waals surface area contributed by atoms with E-state index in [4.69, 9.17) is 15.2 Å². The van der Waals surface area contributed by atoms with Gasteiger partial charge in [0.2, 0.25) is 5.91 Å². The molecule has 2 N–H and O–H groups in total. The maximum atomic E-state index is 11.5. The van der Waals surface area contributed by atoms with Gasteiger partial charge in [-0.3, -0.25) is 4.79 Å². The summed E-state index contributed by atoms with van der Waals surface area (Å²) in [5, 5.41) is 0. The number of fused-ring (bicyclic) bond motifs is 1. The standard InChI is InChI=1S/C14H17NO3/c1-2-11-12(13(15)16)14(11)17-7-9-5-3-4-6-10(9)8-18-14/h3-6,11-12H,2,7-8H2,1H3,(H2,15,16). The SMILES string of the molecule is CCC1C(C(N)=O)C12OCc1ccccc1CO2. The minimum absolute atomic E-state index is 0.0873. The Balaban J connectivity index is 1.85. The number of hydrogen-bond donors (Lipinski definition) is 1. The van der Waals surface area contributed by atoms with Crippen LogP contribution >= 0.6 is 0 Å². The van der Waals surface area contributed by atoms with Gasteiger partial charge in [0.05, 0.1) is 19.1 Å². The van der Waals surface area contributed by atoms with E-state index in [2.05, 4.69) is 0 Å². The highest BCUT2D eigenvalue weighted by Gasteiger charge is 2.70. The summed E-state index contributed by atoms with van der Waals surface area (Å²) in [4.78, 5) is 11.5. The number of carbonyl (C=O) groups is 1. The van der Waals surface area contributed by atoms with Gasteiger partial charge in [0.1, 0.15) is 0 Å². The van der Waals surface area contributed by atoms with Gasteiger partial charge in [0, 0.05) is 5.92 Å². The lowest BCUT2D eigenvalue weighted by atomic mass is 10.1. The molecule has 1 aromatic rings. The smallest absolute Gasteiger partial charge is 0.226 e. The van der Waals surface area contributed by atoms with Gasteiger partial charge in [-0.25, -0.2) is 0 Å². The molecule has 4 heteroatoms. The van der Waals surface area contributed by atoms with Gasteiger partial charge in [-0.05, 0) is 17.5 Å². The minimum atomic E-state index is -0.778. The Morgan fingerprint density at radius 3 is 2.28 bits per heavy atom. The number of ether oxygens (including phenoxy) is 2. The number of amides is 1. The van der Waals surface area contributed by atoms with Gasteiger partial charge in [0.25, 0.3) is 0 Å². The van der Waals surface area contributed by atoms with Crippen LogP contribution in [0.15, 0.2) is 24.3 Å². The second kappa shape index (κ2) is 4.07. The van der Waals surface area contributed by atoms with Gasteiger partial charge in [0.15, 0.2) is 5.79 Å². The molecule has 2 atom stereocenters. The summed E-state index contributed by atoms with van der Waals surface area (Å²) in [5.74, 6) is -1.33. The monoisotopic (exact) mass is 247 g/mol. The van der Waals surface area contributed by atoms with Crippen LogP contribution in [0.1, 0.15) is 24.5 Å². The van der Waals surface area contributed by atoms with Crippen LogP contribution in [0.25, 0.3) is 0 Å². The van der Waals surface area contributed by atoms with Crippen molar-refractivity contribution in [1.29, 1.82) is 0 Å². The molecule has 1 aliphatic carbocycles. The Kier molecular flexibility index (Phi) is 2.64. The summed E-state index contributed by atoms with van der Waals surface area (Å²) in [6, 6.07) is 8.02. The fourth-order valence-electron chi connectivity index (χ4n) is 2.98. The van der Waals surface area contributed by atoms with E-state index in [1.807, 2.05) is 31.2 Å². The maximum Gasteiger partial charge on any atom is 0.226 e. The van der Waals surface area contributed by atoms with Gasteiger partial charge in [-0.2, -0.15) is 0 Å². The summed E-state index contributed by atoms with van der Waals surface area (Å²) in [7, 11) is 0. The molecule has 3 rings (SSSR count). The van der Waals surface area contributed by atoms with E-state index in [1.54, 1.807) is 0 Å². The van der Waals surface area contributed by atoms with Crippen LogP contribution in [0.3, 0.4) is 0 Å². The lowest BCUT2D eigenvalue weighted by Crippen LogP contribution is -2.26. The normalized spacial score (nSPS) is 28.5. The molecule has 1 saturated carbocycles. The van der Waals surface area contributed by atoms with E-state index in [9.17, 15) is 4.79 Å². The molecular weight excluding hydrogens is 230 g/mol. The van der Waals surface area contributed by atoms with Crippen LogP contribution in [0.4, 0.5) is 0 Å². The van der Waals surface area contributed by atoms with Crippen molar-refractivity contribution in [2.24, 2.45) is 17.6 Å². The molecule has 18 heavy (non-hydrogen) atoms. The Morgan fingerprint density at radius 2 is 1.89 bits per heavy atom. The molecule has 0 radical (unpaired) electrons. The zero-order valence-electron chi connectivity index (χ0n) is 10.4. The molecule has 96 valence electrons. The number of primary amides is 1. The molecule has 0 bridgehead atoms. The first-order valence-electron chi connectivity index (χ1n) is 6.33. The molecular formula is C14H17NO3. The van der Waals surface area contributed by atoms with Crippen molar-refractivity contribution in [3.05, 3.63) is 35.4 Å². The van der Waals surface area contributed by atoms with E-state index < -0.39 is 5.79 Å². The predicted molar refractivity (Wildman–Crippen MR) is 65.2 cm³/mol. The summed E-state index contributed by atoms with van der Waals surface area (Å²) >= 11 is 0. The zero-order chi connectivity index (χ0) is 12.8. The molecule has 1 aliphatic heterocycles. The molecule has 0 saturated heterocycles. The van der Waals surface area contributed by atoms with Crippen LogP contribution in [-0.2, 0) is 27.5 Å². The number of rotatable bonds is 2. The highest BCUT2D eigenvalue weighted by molar-refractivity contribution is 5.82. The van der Waals surface area contributed by atoms with Crippen molar-refractivity contribution in [2.75, 3.05) is 0 Å². The molecule has 1 fully saturated rings. The Morgan fingerprint density at radius 1 is 1.33 bits per heavy atom. The Labute approximate surface area is 106 Å². The number of benzene rings is 1. The predicted octanol–water partition coefficient (Wildman–Crippen LogP) is 1.57. The molecule has 2 unspecified atom stereocenters. The van der Waals surface area contributed by atoms with Crippen molar-refractivity contribution in [2.45, 2.75) is 32.3 Å². The average Bonchev–Trinajstić information content (AvgIpc) is 3.07. The number of hydrogen-bond acceptors (Lipinski definition) is 3. The van der Waals surface area contributed by atoms with Gasteiger partial charge in [-0.1, -0.05) is 31.2 Å². The summed E-state index contributed by atoms with van der Waals surface area (Å²) in [6.07, 6.45) is 0.837. The minimum Gasteiger partial charge on any atom is -0.369 e. The van der Waals surface area contributed by atoms with Crippen molar-refractivity contribution in [3.8, 4) is 0 Å². The van der Waals surface area contributed by atoms with Crippen LogP contribution in [-0.4, -0.2) is 11.7 Å². The fourth-order valence-corrected chi connectivity index (χ4v) is 2.98. The van der Waals surface area contributed by atoms with Gasteiger partial charge < -0.3 is 15.2 Å². The van der Waals surface area contributed by atoms with E-state index in [0.717, 1.165) is 17.5 Å². The van der Waals surface area contributed by atoms with E-state index in [0.29, 0.717) is 13.2 Å². The third-order valence-electron chi connectivity index (χ3n) is 4.01. The van der Waals surface area contributed by atoms with E-state index >= 15 is 0 Å². The quantitative estimate of drug-likeness (QED) is 0.863. The molecule has 1 heterocycles. The second-order valence-corrected chi connectivity index (χ2v) is 4.96. The largest absolute Gasteiger partial charge is 0.369 e. The zero-order valence-corrected chi connectivity index (χ0v) is 10.4. The molecule has 0 aromatic heterocycles. The van der Waals surface area contributed by atoms with E-state index in [1.165, 1.54) is 0 Å². The summed E-state index contributed by atoms with van der Waals surface area (Å²) < 4.78 is 11.8. The van der Waals surface area contributed by atoms with Crippen molar-refractivity contribution in [1.82, 2.24) is 0 Å². The highest BCUT2D eigenvalue weighted by atomic mass is 16.7. The lowest BCUT2D eigenvalue weighted by molar-refractivity contribution is -0.192. The molecule has 1 aromatic carbocycles. The topological polar surface area (TPSA) is 61.6 Å². The third-order valence-corrected chi connectivity index (χ3v) is 4.01. The first-order chi connectivity index (χ1) is 8.69. The second-order valence-electron chi connectivity index (χ2n) is 4.96. The van der Waals surface area contributed by atoms with Crippen LogP contribution in [0.5, 0.6) is 0 Å². The molecule has 1 amide bonds. The average molecular weight is 247 g/mol. The van der Waals surface area contributed by atoms with Crippen molar-refractivity contribution < 1.29 is 14.3 Å². The Bertz CT molecular complexity index is 459. The first kappa shape index (κ1) is 11.7. The van der Waals surface area contributed by atoms with Gasteiger partial charge in [-0.15, -0.1) is 0 Å².